The standard InChI is InChI=1S/C14H19F3N2S/c15-14(16,17)10-7-8-13(19-9-10)20-12-6-4-2-1-3-5-11(12)18/h7-9,11-12H,1-6,18H2. The van der Waals surface area contributed by atoms with Crippen LogP contribution in [0.4, 0.5) is 13.2 Å². The monoisotopic (exact) mass is 304 g/mol. The van der Waals surface area contributed by atoms with Crippen LogP contribution in [0.2, 0.25) is 0 Å². The Morgan fingerprint density at radius 1 is 1.10 bits per heavy atom. The number of thioether (sulfide) groups is 1. The smallest absolute Gasteiger partial charge is 0.327 e. The second-order valence-corrected chi connectivity index (χ2v) is 6.45. The van der Waals surface area contributed by atoms with Gasteiger partial charge in [-0.2, -0.15) is 13.2 Å². The van der Waals surface area contributed by atoms with E-state index in [4.69, 9.17) is 5.73 Å². The number of rotatable bonds is 2. The summed E-state index contributed by atoms with van der Waals surface area (Å²) < 4.78 is 37.4. The van der Waals surface area contributed by atoms with Crippen molar-refractivity contribution in [1.82, 2.24) is 4.98 Å². The molecule has 0 bridgehead atoms. The molecule has 0 saturated heterocycles. The maximum atomic E-state index is 12.5. The van der Waals surface area contributed by atoms with Crippen molar-refractivity contribution in [3.05, 3.63) is 23.9 Å². The summed E-state index contributed by atoms with van der Waals surface area (Å²) in [5.74, 6) is 0. The Bertz CT molecular complexity index is 419. The minimum absolute atomic E-state index is 0.101. The van der Waals surface area contributed by atoms with Gasteiger partial charge in [0.15, 0.2) is 0 Å². The first-order valence-electron chi connectivity index (χ1n) is 6.92. The van der Waals surface area contributed by atoms with Crippen LogP contribution >= 0.6 is 11.8 Å². The van der Waals surface area contributed by atoms with Gasteiger partial charge >= 0.3 is 6.18 Å². The summed E-state index contributed by atoms with van der Waals surface area (Å²) in [7, 11) is 0. The molecular weight excluding hydrogens is 285 g/mol. The SMILES string of the molecule is NC1CCCCCCC1Sc1ccc(C(F)(F)F)cn1. The molecule has 0 aromatic carbocycles. The molecule has 0 radical (unpaired) electrons. The maximum Gasteiger partial charge on any atom is 0.417 e. The molecule has 0 spiro atoms. The summed E-state index contributed by atoms with van der Waals surface area (Å²) in [4.78, 5) is 3.92. The number of aromatic nitrogens is 1. The maximum absolute atomic E-state index is 12.5. The summed E-state index contributed by atoms with van der Waals surface area (Å²) in [6, 6.07) is 2.63. The third kappa shape index (κ3) is 4.38. The lowest BCUT2D eigenvalue weighted by molar-refractivity contribution is -0.137. The molecule has 112 valence electrons. The van der Waals surface area contributed by atoms with Crippen molar-refractivity contribution in [2.75, 3.05) is 0 Å². The molecule has 1 aliphatic rings. The average molecular weight is 304 g/mol. The van der Waals surface area contributed by atoms with E-state index in [1.165, 1.54) is 30.7 Å². The number of pyridine rings is 1. The van der Waals surface area contributed by atoms with Gasteiger partial charge in [0.2, 0.25) is 0 Å². The molecule has 0 amide bonds. The molecule has 1 heterocycles. The zero-order valence-corrected chi connectivity index (χ0v) is 12.0. The first-order chi connectivity index (χ1) is 9.47. The molecule has 2 atom stereocenters. The Kier molecular flexibility index (Phi) is 5.32. The van der Waals surface area contributed by atoms with Gasteiger partial charge in [-0.3, -0.25) is 0 Å². The van der Waals surface area contributed by atoms with E-state index in [0.717, 1.165) is 37.9 Å². The lowest BCUT2D eigenvalue weighted by atomic mass is 9.97. The highest BCUT2D eigenvalue weighted by Crippen LogP contribution is 2.33. The molecule has 1 fully saturated rings. The minimum atomic E-state index is -4.33. The second kappa shape index (κ2) is 6.80. The van der Waals surface area contributed by atoms with Gasteiger partial charge in [0, 0.05) is 17.5 Å². The Morgan fingerprint density at radius 3 is 2.40 bits per heavy atom. The Hall–Kier alpha value is -0.750. The highest BCUT2D eigenvalue weighted by molar-refractivity contribution is 7.99. The Morgan fingerprint density at radius 2 is 1.80 bits per heavy atom. The van der Waals surface area contributed by atoms with Crippen LogP contribution in [0.3, 0.4) is 0 Å². The summed E-state index contributed by atoms with van der Waals surface area (Å²) in [5, 5.41) is 0.874. The highest BCUT2D eigenvalue weighted by atomic mass is 32.2. The van der Waals surface area contributed by atoms with Gasteiger partial charge in [0.05, 0.1) is 10.6 Å². The molecular formula is C14H19F3N2S. The summed E-state index contributed by atoms with van der Waals surface area (Å²) >= 11 is 1.51. The lowest BCUT2D eigenvalue weighted by Gasteiger charge is -2.25. The quantitative estimate of drug-likeness (QED) is 0.888. The average Bonchev–Trinajstić information content (AvgIpc) is 2.38. The summed E-state index contributed by atoms with van der Waals surface area (Å²) in [5.41, 5.74) is 5.46. The van der Waals surface area contributed by atoms with Gasteiger partial charge in [-0.25, -0.2) is 4.98 Å². The third-order valence-corrected chi connectivity index (χ3v) is 4.96. The summed E-state index contributed by atoms with van der Waals surface area (Å²) in [6.45, 7) is 0. The number of nitrogens with zero attached hydrogens (tertiary/aromatic N) is 1. The number of hydrogen-bond acceptors (Lipinski definition) is 3. The Balaban J connectivity index is 2.01. The van der Waals surface area contributed by atoms with Crippen molar-refractivity contribution in [2.45, 2.75) is 61.0 Å². The van der Waals surface area contributed by atoms with Crippen LogP contribution in [-0.4, -0.2) is 16.3 Å². The van der Waals surface area contributed by atoms with Crippen molar-refractivity contribution in [1.29, 1.82) is 0 Å². The first kappa shape index (κ1) is 15.6. The third-order valence-electron chi connectivity index (χ3n) is 3.59. The van der Waals surface area contributed by atoms with Crippen LogP contribution in [0, 0.1) is 0 Å². The van der Waals surface area contributed by atoms with Crippen LogP contribution < -0.4 is 5.73 Å². The number of alkyl halides is 3. The molecule has 1 aliphatic carbocycles. The number of nitrogens with two attached hydrogens (primary N) is 1. The van der Waals surface area contributed by atoms with Gasteiger partial charge in [0.1, 0.15) is 0 Å². The van der Waals surface area contributed by atoms with Gasteiger partial charge in [0.25, 0.3) is 0 Å². The van der Waals surface area contributed by atoms with Crippen molar-refractivity contribution < 1.29 is 13.2 Å². The molecule has 1 aromatic heterocycles. The second-order valence-electron chi connectivity index (χ2n) is 5.19. The van der Waals surface area contributed by atoms with E-state index in [9.17, 15) is 13.2 Å². The zero-order chi connectivity index (χ0) is 14.6. The predicted molar refractivity (Wildman–Crippen MR) is 74.6 cm³/mol. The van der Waals surface area contributed by atoms with Crippen molar-refractivity contribution in [2.24, 2.45) is 5.73 Å². The molecule has 2 rings (SSSR count). The van der Waals surface area contributed by atoms with Gasteiger partial charge in [-0.1, -0.05) is 25.7 Å². The number of hydrogen-bond donors (Lipinski definition) is 1. The Labute approximate surface area is 121 Å². The lowest BCUT2D eigenvalue weighted by Crippen LogP contribution is -2.33. The van der Waals surface area contributed by atoms with Crippen molar-refractivity contribution in [3.8, 4) is 0 Å². The van der Waals surface area contributed by atoms with E-state index in [1.807, 2.05) is 0 Å². The van der Waals surface area contributed by atoms with Crippen molar-refractivity contribution >= 4 is 11.8 Å². The van der Waals surface area contributed by atoms with Crippen LogP contribution in [-0.2, 0) is 6.18 Å². The number of halogens is 3. The highest BCUT2D eigenvalue weighted by Gasteiger charge is 2.31. The van der Waals surface area contributed by atoms with E-state index >= 15 is 0 Å². The fourth-order valence-corrected chi connectivity index (χ4v) is 3.56. The molecule has 20 heavy (non-hydrogen) atoms. The summed E-state index contributed by atoms with van der Waals surface area (Å²) in [6.07, 6.45) is 3.27. The topological polar surface area (TPSA) is 38.9 Å². The van der Waals surface area contributed by atoms with E-state index in [-0.39, 0.29) is 11.3 Å². The van der Waals surface area contributed by atoms with E-state index < -0.39 is 11.7 Å². The zero-order valence-electron chi connectivity index (χ0n) is 11.2. The fraction of sp³-hybridized carbons (Fsp3) is 0.643. The molecule has 2 nitrogen and oxygen atoms in total. The molecule has 2 unspecified atom stereocenters. The fourth-order valence-electron chi connectivity index (χ4n) is 2.40. The van der Waals surface area contributed by atoms with E-state index in [1.54, 1.807) is 0 Å². The van der Waals surface area contributed by atoms with Crippen molar-refractivity contribution in [3.63, 3.8) is 0 Å². The van der Waals surface area contributed by atoms with Crippen LogP contribution in [0.15, 0.2) is 23.4 Å². The molecule has 0 aliphatic heterocycles. The van der Waals surface area contributed by atoms with Crippen LogP contribution in [0.5, 0.6) is 0 Å². The minimum Gasteiger partial charge on any atom is -0.327 e. The predicted octanol–water partition coefficient (Wildman–Crippen LogP) is 4.24. The largest absolute Gasteiger partial charge is 0.417 e. The van der Waals surface area contributed by atoms with E-state index in [0.29, 0.717) is 5.03 Å². The molecule has 1 saturated carbocycles. The van der Waals surface area contributed by atoms with Gasteiger partial charge in [-0.15, -0.1) is 11.8 Å². The first-order valence-corrected chi connectivity index (χ1v) is 7.80. The van der Waals surface area contributed by atoms with Gasteiger partial charge in [-0.05, 0) is 25.0 Å². The van der Waals surface area contributed by atoms with E-state index in [2.05, 4.69) is 4.98 Å². The molecule has 1 aromatic rings. The normalized spacial score (nSPS) is 25.0. The van der Waals surface area contributed by atoms with Crippen LogP contribution in [0.1, 0.15) is 44.1 Å². The van der Waals surface area contributed by atoms with Gasteiger partial charge < -0.3 is 5.73 Å². The molecule has 6 heteroatoms. The molecule has 2 N–H and O–H groups in total. The van der Waals surface area contributed by atoms with Crippen LogP contribution in [0.25, 0.3) is 0 Å².